The van der Waals surface area contributed by atoms with Gasteiger partial charge in [-0.1, -0.05) is 12.7 Å². The van der Waals surface area contributed by atoms with Crippen LogP contribution in [-0.4, -0.2) is 84.7 Å². The van der Waals surface area contributed by atoms with Gasteiger partial charge in [0.15, 0.2) is 6.29 Å². The monoisotopic (exact) mass is 632 g/mol. The predicted molar refractivity (Wildman–Crippen MR) is 181 cm³/mol. The van der Waals surface area contributed by atoms with Crippen LogP contribution in [0.2, 0.25) is 0 Å². The maximum atomic E-state index is 12.4. The zero-order valence-corrected chi connectivity index (χ0v) is 27.8. The van der Waals surface area contributed by atoms with Crippen molar-refractivity contribution in [3.8, 4) is 6.07 Å². The van der Waals surface area contributed by atoms with Crippen LogP contribution in [0.5, 0.6) is 0 Å². The maximum Gasteiger partial charge on any atom is 0.243 e. The van der Waals surface area contributed by atoms with Crippen LogP contribution in [0.4, 0.5) is 0 Å². The van der Waals surface area contributed by atoms with E-state index in [-0.39, 0.29) is 29.9 Å². The van der Waals surface area contributed by atoms with E-state index in [4.69, 9.17) is 9.73 Å². The van der Waals surface area contributed by atoms with Crippen molar-refractivity contribution in [2.24, 2.45) is 16.8 Å². The Morgan fingerprint density at radius 1 is 1.33 bits per heavy atom. The molecule has 10 nitrogen and oxygen atoms in total. The van der Waals surface area contributed by atoms with E-state index < -0.39 is 6.29 Å². The van der Waals surface area contributed by atoms with Crippen LogP contribution >= 0.6 is 11.8 Å². The summed E-state index contributed by atoms with van der Waals surface area (Å²) in [6, 6.07) is 2.84. The van der Waals surface area contributed by atoms with Gasteiger partial charge in [0.05, 0.1) is 11.8 Å². The van der Waals surface area contributed by atoms with E-state index in [1.165, 1.54) is 23.9 Å². The quantitative estimate of drug-likeness (QED) is 0.178. The van der Waals surface area contributed by atoms with Gasteiger partial charge in [0.1, 0.15) is 23.2 Å². The highest BCUT2D eigenvalue weighted by atomic mass is 32.2. The SMILES string of the molecule is C=CC(=O)NC1C2C(NC3N=C(NC4=C(OC(C)C)CCC=C4)C(C#N)=CN3)=CC=C(N3CCC(N(C)CCCSC)CC3)C12. The second kappa shape index (κ2) is 15.1. The van der Waals surface area contributed by atoms with Crippen LogP contribution in [0.1, 0.15) is 46.0 Å². The summed E-state index contributed by atoms with van der Waals surface area (Å²) in [5, 5.41) is 23.1. The Kier molecular flexibility index (Phi) is 11.0. The molecule has 0 aromatic heterocycles. The van der Waals surface area contributed by atoms with E-state index in [0.29, 0.717) is 17.5 Å². The third kappa shape index (κ3) is 7.97. The number of carbonyl (C=O) groups excluding carboxylic acids is 1. The molecule has 3 aliphatic carbocycles. The van der Waals surface area contributed by atoms with Gasteiger partial charge in [0, 0.05) is 61.0 Å². The molecule has 2 aliphatic heterocycles. The first-order chi connectivity index (χ1) is 21.8. The average Bonchev–Trinajstić information content (AvgIpc) is 3.76. The Morgan fingerprint density at radius 3 is 2.84 bits per heavy atom. The first-order valence-corrected chi connectivity index (χ1v) is 17.6. The normalized spacial score (nSPS) is 26.1. The molecule has 0 aromatic carbocycles. The number of ether oxygens (including phenoxy) is 1. The number of aliphatic imine (C=N–C) groups is 1. The van der Waals surface area contributed by atoms with E-state index in [1.807, 2.05) is 31.7 Å². The third-order valence-corrected chi connectivity index (χ3v) is 9.73. The molecule has 2 fully saturated rings. The number of fused-ring (bicyclic) bond motifs is 1. The van der Waals surface area contributed by atoms with E-state index in [9.17, 15) is 10.1 Å². The molecule has 242 valence electrons. The second-order valence-electron chi connectivity index (χ2n) is 12.5. The predicted octanol–water partition coefficient (Wildman–Crippen LogP) is 3.69. The lowest BCUT2D eigenvalue weighted by molar-refractivity contribution is -0.116. The largest absolute Gasteiger partial charge is 0.493 e. The van der Waals surface area contributed by atoms with Gasteiger partial charge in [-0.15, -0.1) is 0 Å². The van der Waals surface area contributed by atoms with Crippen LogP contribution in [0.15, 0.2) is 76.6 Å². The van der Waals surface area contributed by atoms with E-state index in [2.05, 4.69) is 75.2 Å². The molecular weight excluding hydrogens is 584 g/mol. The zero-order valence-electron chi connectivity index (χ0n) is 27.0. The number of hydrogen-bond acceptors (Lipinski definition) is 10. The molecule has 45 heavy (non-hydrogen) atoms. The first-order valence-electron chi connectivity index (χ1n) is 16.2. The zero-order chi connectivity index (χ0) is 31.9. The number of nitrogens with zero attached hydrogens (tertiary/aromatic N) is 4. The number of thioether (sulfide) groups is 1. The summed E-state index contributed by atoms with van der Waals surface area (Å²) < 4.78 is 6.05. The summed E-state index contributed by atoms with van der Waals surface area (Å²) in [4.78, 5) is 22.3. The molecule has 4 atom stereocenters. The Bertz CT molecular complexity index is 1350. The van der Waals surface area contributed by atoms with Gasteiger partial charge in [0.25, 0.3) is 0 Å². The fraction of sp³-hybridized carbons (Fsp3) is 0.559. The van der Waals surface area contributed by atoms with E-state index in [1.54, 1.807) is 6.20 Å². The van der Waals surface area contributed by atoms with Gasteiger partial charge in [0.2, 0.25) is 5.91 Å². The number of rotatable bonds is 13. The number of amides is 1. The van der Waals surface area contributed by atoms with Gasteiger partial charge in [-0.3, -0.25) is 4.79 Å². The van der Waals surface area contributed by atoms with Gasteiger partial charge in [-0.25, -0.2) is 4.99 Å². The number of allylic oxidation sites excluding steroid dienone is 5. The molecule has 4 unspecified atom stereocenters. The molecule has 0 spiro atoms. The smallest absolute Gasteiger partial charge is 0.243 e. The Morgan fingerprint density at radius 2 is 2.13 bits per heavy atom. The highest BCUT2D eigenvalue weighted by molar-refractivity contribution is 7.98. The van der Waals surface area contributed by atoms with Crippen LogP contribution in [0, 0.1) is 23.2 Å². The third-order valence-electron chi connectivity index (χ3n) is 9.04. The van der Waals surface area contributed by atoms with Gasteiger partial charge in [-0.05, 0) is 89.4 Å². The number of hydrogen-bond donors (Lipinski definition) is 4. The average molecular weight is 633 g/mol. The summed E-state index contributed by atoms with van der Waals surface area (Å²) in [6.07, 6.45) is 18.4. The van der Waals surface area contributed by atoms with Crippen molar-refractivity contribution in [1.82, 2.24) is 31.1 Å². The van der Waals surface area contributed by atoms with Crippen LogP contribution in [0.25, 0.3) is 0 Å². The van der Waals surface area contributed by atoms with Crippen molar-refractivity contribution >= 4 is 23.5 Å². The molecule has 4 N–H and O–H groups in total. The minimum Gasteiger partial charge on any atom is -0.493 e. The Labute approximate surface area is 272 Å². The minimum absolute atomic E-state index is 0.0152. The second-order valence-corrected chi connectivity index (χ2v) is 13.5. The van der Waals surface area contributed by atoms with Crippen LogP contribution < -0.4 is 21.3 Å². The molecular formula is C34H48N8O2S. The molecule has 5 rings (SSSR count). The minimum atomic E-state index is -0.483. The molecule has 0 radical (unpaired) electrons. The van der Waals surface area contributed by atoms with E-state index in [0.717, 1.165) is 62.5 Å². The highest BCUT2D eigenvalue weighted by Crippen LogP contribution is 2.52. The summed E-state index contributed by atoms with van der Waals surface area (Å²) in [6.45, 7) is 10.9. The van der Waals surface area contributed by atoms with E-state index >= 15 is 0 Å². The van der Waals surface area contributed by atoms with Gasteiger partial charge < -0.3 is 35.8 Å². The van der Waals surface area contributed by atoms with Gasteiger partial charge in [-0.2, -0.15) is 17.0 Å². The number of carbonyl (C=O) groups is 1. The van der Waals surface area contributed by atoms with Crippen molar-refractivity contribution in [2.45, 2.75) is 70.4 Å². The number of nitriles is 1. The van der Waals surface area contributed by atoms with Gasteiger partial charge >= 0.3 is 0 Å². The fourth-order valence-corrected chi connectivity index (χ4v) is 7.12. The standard InChI is InChI=1S/C34H48N8O2S/c1-6-29(43)39-32-30-26(12-13-27(31(30)32)42-17-14-24(15-18-42)41(4)16-9-19-45-5)38-34-36-21-23(20-35)33(40-34)37-25-10-7-8-11-28(25)44-22(2)3/h6-7,10,12-13,21-22,24,30-32,34,36,38H,1,8-9,11,14-19H2,2-5H3,(H,37,40)(H,39,43). The lowest BCUT2D eigenvalue weighted by Gasteiger charge is -2.39. The molecule has 0 aromatic rings. The van der Waals surface area contributed by atoms with Crippen molar-refractivity contribution in [2.75, 3.05) is 38.7 Å². The lowest BCUT2D eigenvalue weighted by Crippen LogP contribution is -2.45. The lowest BCUT2D eigenvalue weighted by atomic mass is 10.00. The molecule has 1 amide bonds. The fourth-order valence-electron chi connectivity index (χ4n) is 6.70. The Hall–Kier alpha value is -3.62. The molecule has 1 saturated carbocycles. The molecule has 2 heterocycles. The van der Waals surface area contributed by atoms with Crippen LogP contribution in [-0.2, 0) is 9.53 Å². The van der Waals surface area contributed by atoms with Crippen molar-refractivity contribution in [3.05, 3.63) is 71.6 Å². The highest BCUT2D eigenvalue weighted by Gasteiger charge is 2.57. The molecule has 5 aliphatic rings. The first kappa shape index (κ1) is 32.8. The number of piperidine rings is 1. The number of likely N-dealkylation sites (tertiary alicyclic amines) is 1. The topological polar surface area (TPSA) is 117 Å². The Balaban J connectivity index is 1.29. The number of nitrogens with one attached hydrogen (secondary N) is 4. The van der Waals surface area contributed by atoms with Crippen LogP contribution in [0.3, 0.4) is 0 Å². The summed E-state index contributed by atoms with van der Waals surface area (Å²) >= 11 is 1.91. The van der Waals surface area contributed by atoms with Crippen molar-refractivity contribution < 1.29 is 9.53 Å². The summed E-state index contributed by atoms with van der Waals surface area (Å²) in [7, 11) is 2.26. The van der Waals surface area contributed by atoms with Crippen molar-refractivity contribution in [1.29, 1.82) is 5.26 Å². The molecule has 0 bridgehead atoms. The summed E-state index contributed by atoms with van der Waals surface area (Å²) in [5.74, 6) is 2.72. The summed E-state index contributed by atoms with van der Waals surface area (Å²) in [5.41, 5.74) is 3.55. The van der Waals surface area contributed by atoms with Crippen molar-refractivity contribution in [3.63, 3.8) is 0 Å². The molecule has 11 heteroatoms. The number of amidine groups is 1. The molecule has 1 saturated heterocycles. The maximum absolute atomic E-state index is 12.4.